The molecule has 12 heavy (non-hydrogen) atoms. The van der Waals surface area contributed by atoms with Gasteiger partial charge in [0.2, 0.25) is 0 Å². The van der Waals surface area contributed by atoms with Crippen LogP contribution in [0, 0.1) is 0 Å². The summed E-state index contributed by atoms with van der Waals surface area (Å²) in [6.07, 6.45) is 3.11. The molecule has 1 aromatic carbocycles. The Morgan fingerprint density at radius 3 is 3.17 bits per heavy atom. The molecule has 2 rings (SSSR count). The normalized spacial score (nSPS) is 20.5. The van der Waals surface area contributed by atoms with Gasteiger partial charge in [-0.2, -0.15) is 0 Å². The zero-order valence-corrected chi connectivity index (χ0v) is 7.81. The van der Waals surface area contributed by atoms with Crippen LogP contribution < -0.4 is 0 Å². The van der Waals surface area contributed by atoms with E-state index in [1.54, 1.807) is 0 Å². The minimum atomic E-state index is 0.665. The monoisotopic (exact) mass is 176 g/mol. The van der Waals surface area contributed by atoms with Crippen LogP contribution in [0.4, 0.5) is 0 Å². The first-order valence-corrected chi connectivity index (χ1v) is 5.27. The molecule has 0 saturated carbocycles. The molecule has 1 atom stereocenters. The van der Waals surface area contributed by atoms with Gasteiger partial charge in [0, 0.05) is 11.0 Å². The van der Waals surface area contributed by atoms with Crippen LogP contribution in [-0.4, -0.2) is 0 Å². The summed E-state index contributed by atoms with van der Waals surface area (Å²) in [5.74, 6) is 1.18. The van der Waals surface area contributed by atoms with Crippen LogP contribution in [0.1, 0.15) is 22.8 Å². The average Bonchev–Trinajstić information content (AvgIpc) is 2.50. The summed E-state index contributed by atoms with van der Waals surface area (Å²) in [4.78, 5) is 0. The summed E-state index contributed by atoms with van der Waals surface area (Å²) in [6, 6.07) is 8.71. The van der Waals surface area contributed by atoms with Crippen molar-refractivity contribution in [3.8, 4) is 0 Å². The summed E-state index contributed by atoms with van der Waals surface area (Å²) in [5, 5.41) is 0.665. The van der Waals surface area contributed by atoms with Crippen LogP contribution in [0.2, 0.25) is 0 Å². The Hall–Kier alpha value is -0.690. The molecule has 1 heterocycles. The molecule has 0 aliphatic carbocycles. The lowest BCUT2D eigenvalue weighted by Gasteiger charge is -2.06. The second kappa shape index (κ2) is 3.36. The molecule has 0 amide bonds. The number of hydrogen-bond donors (Lipinski definition) is 0. The highest BCUT2D eigenvalue weighted by atomic mass is 32.2. The van der Waals surface area contributed by atoms with Crippen molar-refractivity contribution in [3.05, 3.63) is 48.0 Å². The molecule has 0 unspecified atom stereocenters. The molecule has 1 aliphatic rings. The summed E-state index contributed by atoms with van der Waals surface area (Å²) in [6.45, 7) is 3.78. The maximum atomic E-state index is 3.78. The minimum absolute atomic E-state index is 0.665. The van der Waals surface area contributed by atoms with Gasteiger partial charge in [0.05, 0.1) is 0 Å². The molecule has 0 bridgehead atoms. The van der Waals surface area contributed by atoms with Gasteiger partial charge in [-0.1, -0.05) is 30.3 Å². The topological polar surface area (TPSA) is 0 Å². The van der Waals surface area contributed by atoms with Crippen LogP contribution in [0.5, 0.6) is 0 Å². The summed E-state index contributed by atoms with van der Waals surface area (Å²) in [7, 11) is 0. The first kappa shape index (κ1) is 7.93. The second-order valence-corrected chi connectivity index (χ2v) is 4.21. The SMILES string of the molecule is C=CC[C@@H]1SCc2ccccc21. The molecule has 0 saturated heterocycles. The van der Waals surface area contributed by atoms with Crippen molar-refractivity contribution in [1.82, 2.24) is 0 Å². The fourth-order valence-electron chi connectivity index (χ4n) is 1.61. The predicted molar refractivity (Wildman–Crippen MR) is 55.3 cm³/mol. The van der Waals surface area contributed by atoms with Gasteiger partial charge in [-0.15, -0.1) is 18.3 Å². The van der Waals surface area contributed by atoms with E-state index in [0.717, 1.165) is 6.42 Å². The maximum Gasteiger partial charge on any atom is 0.0337 e. The molecule has 0 fully saturated rings. The molecule has 1 aliphatic heterocycles. The van der Waals surface area contributed by atoms with Crippen LogP contribution in [-0.2, 0) is 5.75 Å². The molecule has 1 heteroatoms. The van der Waals surface area contributed by atoms with Gasteiger partial charge in [-0.05, 0) is 17.5 Å². The lowest BCUT2D eigenvalue weighted by atomic mass is 10.0. The number of rotatable bonds is 2. The molecule has 0 radical (unpaired) electrons. The Kier molecular flexibility index (Phi) is 2.22. The van der Waals surface area contributed by atoms with E-state index in [9.17, 15) is 0 Å². The van der Waals surface area contributed by atoms with Crippen molar-refractivity contribution < 1.29 is 0 Å². The van der Waals surface area contributed by atoms with E-state index in [-0.39, 0.29) is 0 Å². The van der Waals surface area contributed by atoms with Crippen molar-refractivity contribution in [2.45, 2.75) is 17.4 Å². The van der Waals surface area contributed by atoms with Gasteiger partial charge in [-0.3, -0.25) is 0 Å². The van der Waals surface area contributed by atoms with Crippen LogP contribution >= 0.6 is 11.8 Å². The third-order valence-corrected chi connectivity index (χ3v) is 3.55. The van der Waals surface area contributed by atoms with E-state index in [2.05, 4.69) is 30.8 Å². The largest absolute Gasteiger partial charge is 0.149 e. The molecule has 1 aromatic rings. The van der Waals surface area contributed by atoms with Crippen molar-refractivity contribution in [1.29, 1.82) is 0 Å². The van der Waals surface area contributed by atoms with E-state index in [1.165, 1.54) is 16.9 Å². The Bertz CT molecular complexity index is 291. The van der Waals surface area contributed by atoms with Gasteiger partial charge in [0.15, 0.2) is 0 Å². The van der Waals surface area contributed by atoms with E-state index >= 15 is 0 Å². The minimum Gasteiger partial charge on any atom is -0.149 e. The lowest BCUT2D eigenvalue weighted by Crippen LogP contribution is -1.87. The molecular formula is C11H12S. The van der Waals surface area contributed by atoms with E-state index in [4.69, 9.17) is 0 Å². The molecule has 0 aromatic heterocycles. The third-order valence-electron chi connectivity index (χ3n) is 2.22. The first-order valence-electron chi connectivity index (χ1n) is 4.22. The van der Waals surface area contributed by atoms with Gasteiger partial charge in [0.1, 0.15) is 0 Å². The second-order valence-electron chi connectivity index (χ2n) is 3.02. The fraction of sp³-hybridized carbons (Fsp3) is 0.273. The molecule has 0 N–H and O–H groups in total. The van der Waals surface area contributed by atoms with Gasteiger partial charge in [-0.25, -0.2) is 0 Å². The number of allylic oxidation sites excluding steroid dienone is 1. The lowest BCUT2D eigenvalue weighted by molar-refractivity contribution is 0.983. The predicted octanol–water partition coefficient (Wildman–Crippen LogP) is 3.55. The Morgan fingerprint density at radius 1 is 1.50 bits per heavy atom. The molecular weight excluding hydrogens is 164 g/mol. The van der Waals surface area contributed by atoms with Crippen LogP contribution in [0.15, 0.2) is 36.9 Å². The van der Waals surface area contributed by atoms with Crippen molar-refractivity contribution in [2.24, 2.45) is 0 Å². The highest BCUT2D eigenvalue weighted by Crippen LogP contribution is 2.43. The summed E-state index contributed by atoms with van der Waals surface area (Å²) < 4.78 is 0. The van der Waals surface area contributed by atoms with E-state index < -0.39 is 0 Å². The standard InChI is InChI=1S/C11H12S/c1-2-5-11-10-7-4-3-6-9(10)8-12-11/h2-4,6-7,11H,1,5,8H2/t11-/m0/s1. The highest BCUT2D eigenvalue weighted by molar-refractivity contribution is 7.99. The highest BCUT2D eigenvalue weighted by Gasteiger charge is 2.20. The number of thioether (sulfide) groups is 1. The quantitative estimate of drug-likeness (QED) is 0.621. The van der Waals surface area contributed by atoms with Crippen molar-refractivity contribution in [3.63, 3.8) is 0 Å². The number of benzene rings is 1. The number of fused-ring (bicyclic) bond motifs is 1. The first-order chi connectivity index (χ1) is 5.92. The van der Waals surface area contributed by atoms with Gasteiger partial charge in [0.25, 0.3) is 0 Å². The number of hydrogen-bond acceptors (Lipinski definition) is 1. The summed E-state index contributed by atoms with van der Waals surface area (Å²) in [5.41, 5.74) is 3.02. The Morgan fingerprint density at radius 2 is 2.33 bits per heavy atom. The van der Waals surface area contributed by atoms with Crippen LogP contribution in [0.25, 0.3) is 0 Å². The van der Waals surface area contributed by atoms with Gasteiger partial charge < -0.3 is 0 Å². The third kappa shape index (κ3) is 1.29. The molecule has 0 nitrogen and oxygen atoms in total. The zero-order chi connectivity index (χ0) is 8.39. The molecule has 0 spiro atoms. The van der Waals surface area contributed by atoms with Crippen molar-refractivity contribution in [2.75, 3.05) is 0 Å². The average molecular weight is 176 g/mol. The fourth-order valence-corrected chi connectivity index (χ4v) is 2.93. The zero-order valence-electron chi connectivity index (χ0n) is 6.99. The maximum absolute atomic E-state index is 3.78. The van der Waals surface area contributed by atoms with E-state index in [1.807, 2.05) is 17.8 Å². The van der Waals surface area contributed by atoms with Crippen molar-refractivity contribution >= 4 is 11.8 Å². The van der Waals surface area contributed by atoms with E-state index in [0.29, 0.717) is 5.25 Å². The smallest absolute Gasteiger partial charge is 0.0337 e. The molecule has 62 valence electrons. The Labute approximate surface area is 77.7 Å². The Balaban J connectivity index is 2.29. The van der Waals surface area contributed by atoms with Gasteiger partial charge >= 0.3 is 0 Å². The summed E-state index contributed by atoms with van der Waals surface area (Å²) >= 11 is 2.02. The van der Waals surface area contributed by atoms with Crippen LogP contribution in [0.3, 0.4) is 0 Å².